The zero-order valence-electron chi connectivity index (χ0n) is 14.4. The molecule has 2 aromatic rings. The minimum Gasteiger partial charge on any atom is -0.334 e. The van der Waals surface area contributed by atoms with Crippen molar-refractivity contribution < 1.29 is 14.4 Å². The summed E-state index contributed by atoms with van der Waals surface area (Å²) in [5.41, 5.74) is 6.56. The standard InChI is InChI=1S/C18H18Cl2N4O3/c1-11-2-4-12(5-3-11)9-21-18(27)22-10-16(25)23-24-17(26)14-8-13(19)6-7-15(14)20/h2-8H,9-10H2,1H3,(H,23,25)(H,24,26)(H2,21,22,27). The van der Waals surface area contributed by atoms with Crippen molar-refractivity contribution in [1.82, 2.24) is 21.5 Å². The number of hydrogen-bond acceptors (Lipinski definition) is 3. The monoisotopic (exact) mass is 408 g/mol. The van der Waals surface area contributed by atoms with Gasteiger partial charge in [-0.3, -0.25) is 20.4 Å². The molecule has 0 bridgehead atoms. The molecule has 0 aliphatic rings. The van der Waals surface area contributed by atoms with Gasteiger partial charge in [0.05, 0.1) is 10.6 Å². The summed E-state index contributed by atoms with van der Waals surface area (Å²) in [6.07, 6.45) is 0. The first-order valence-corrected chi connectivity index (χ1v) is 8.72. The second-order valence-corrected chi connectivity index (χ2v) is 6.49. The maximum atomic E-state index is 12.0. The molecule has 2 aromatic carbocycles. The summed E-state index contributed by atoms with van der Waals surface area (Å²) in [6.45, 7) is 1.99. The first-order valence-electron chi connectivity index (χ1n) is 7.96. The third-order valence-electron chi connectivity index (χ3n) is 3.47. The molecule has 0 aliphatic carbocycles. The Kier molecular flexibility index (Phi) is 7.45. The van der Waals surface area contributed by atoms with Crippen LogP contribution in [-0.4, -0.2) is 24.4 Å². The summed E-state index contributed by atoms with van der Waals surface area (Å²) in [6, 6.07) is 11.6. The van der Waals surface area contributed by atoms with Gasteiger partial charge in [-0.25, -0.2) is 4.79 Å². The van der Waals surface area contributed by atoms with E-state index in [1.54, 1.807) is 6.07 Å². The minimum atomic E-state index is -0.625. The van der Waals surface area contributed by atoms with Gasteiger partial charge in [0, 0.05) is 11.6 Å². The van der Waals surface area contributed by atoms with Crippen LogP contribution in [0.15, 0.2) is 42.5 Å². The Morgan fingerprint density at radius 2 is 1.63 bits per heavy atom. The van der Waals surface area contributed by atoms with Crippen LogP contribution in [0.2, 0.25) is 10.0 Å². The van der Waals surface area contributed by atoms with Crippen molar-refractivity contribution in [3.63, 3.8) is 0 Å². The lowest BCUT2D eigenvalue weighted by molar-refractivity contribution is -0.120. The maximum Gasteiger partial charge on any atom is 0.315 e. The molecule has 4 N–H and O–H groups in total. The van der Waals surface area contributed by atoms with Gasteiger partial charge in [-0.2, -0.15) is 0 Å². The van der Waals surface area contributed by atoms with E-state index < -0.39 is 17.8 Å². The molecular formula is C18H18Cl2N4O3. The van der Waals surface area contributed by atoms with E-state index in [0.29, 0.717) is 11.6 Å². The fourth-order valence-corrected chi connectivity index (χ4v) is 2.40. The summed E-state index contributed by atoms with van der Waals surface area (Å²) >= 11 is 11.7. The summed E-state index contributed by atoms with van der Waals surface area (Å²) in [7, 11) is 0. The molecular weight excluding hydrogens is 391 g/mol. The van der Waals surface area contributed by atoms with Crippen LogP contribution in [0.5, 0.6) is 0 Å². The molecule has 0 aromatic heterocycles. The number of hydrazine groups is 1. The van der Waals surface area contributed by atoms with Gasteiger partial charge in [0.25, 0.3) is 11.8 Å². The fourth-order valence-electron chi connectivity index (χ4n) is 2.02. The molecule has 27 heavy (non-hydrogen) atoms. The molecule has 4 amide bonds. The highest BCUT2D eigenvalue weighted by Gasteiger charge is 2.12. The van der Waals surface area contributed by atoms with Crippen LogP contribution < -0.4 is 21.5 Å². The Balaban J connectivity index is 1.70. The smallest absolute Gasteiger partial charge is 0.315 e. The molecule has 7 nitrogen and oxygen atoms in total. The Morgan fingerprint density at radius 1 is 0.926 bits per heavy atom. The van der Waals surface area contributed by atoms with E-state index in [1.165, 1.54) is 12.1 Å². The largest absolute Gasteiger partial charge is 0.334 e. The van der Waals surface area contributed by atoms with Gasteiger partial charge in [-0.05, 0) is 30.7 Å². The normalized spacial score (nSPS) is 10.0. The molecule has 0 heterocycles. The van der Waals surface area contributed by atoms with Gasteiger partial charge in [-0.15, -0.1) is 0 Å². The van der Waals surface area contributed by atoms with E-state index in [2.05, 4.69) is 21.5 Å². The topological polar surface area (TPSA) is 99.3 Å². The Labute approximate surface area is 166 Å². The van der Waals surface area contributed by atoms with Gasteiger partial charge in [0.15, 0.2) is 0 Å². The van der Waals surface area contributed by atoms with Crippen molar-refractivity contribution in [2.75, 3.05) is 6.54 Å². The Hall–Kier alpha value is -2.77. The molecule has 0 saturated heterocycles. The van der Waals surface area contributed by atoms with E-state index in [0.717, 1.165) is 11.1 Å². The number of rotatable bonds is 5. The Morgan fingerprint density at radius 3 is 2.33 bits per heavy atom. The zero-order valence-corrected chi connectivity index (χ0v) is 15.9. The van der Waals surface area contributed by atoms with E-state index in [1.807, 2.05) is 31.2 Å². The molecule has 0 fully saturated rings. The van der Waals surface area contributed by atoms with Crippen molar-refractivity contribution in [3.05, 3.63) is 69.2 Å². The molecule has 0 spiro atoms. The Bertz CT molecular complexity index is 841. The maximum absolute atomic E-state index is 12.0. The number of halogens is 2. The summed E-state index contributed by atoms with van der Waals surface area (Å²) in [4.78, 5) is 35.4. The lowest BCUT2D eigenvalue weighted by Gasteiger charge is -2.10. The fraction of sp³-hybridized carbons (Fsp3) is 0.167. The number of carbonyl (C=O) groups excluding carboxylic acids is 3. The molecule has 0 aliphatic heterocycles. The number of carbonyl (C=O) groups is 3. The highest BCUT2D eigenvalue weighted by atomic mass is 35.5. The second-order valence-electron chi connectivity index (χ2n) is 5.65. The van der Waals surface area contributed by atoms with Gasteiger partial charge in [0.1, 0.15) is 6.54 Å². The number of nitrogens with one attached hydrogen (secondary N) is 4. The van der Waals surface area contributed by atoms with Gasteiger partial charge >= 0.3 is 6.03 Å². The number of urea groups is 1. The number of aryl methyl sites for hydroxylation is 1. The van der Waals surface area contributed by atoms with Crippen LogP contribution in [-0.2, 0) is 11.3 Å². The van der Waals surface area contributed by atoms with Crippen LogP contribution in [0, 0.1) is 6.92 Å². The number of benzene rings is 2. The van der Waals surface area contributed by atoms with Crippen molar-refractivity contribution in [3.8, 4) is 0 Å². The average Bonchev–Trinajstić information content (AvgIpc) is 2.65. The predicted octanol–water partition coefficient (Wildman–Crippen LogP) is 2.56. The van der Waals surface area contributed by atoms with Crippen LogP contribution in [0.4, 0.5) is 4.79 Å². The molecule has 2 rings (SSSR count). The SMILES string of the molecule is Cc1ccc(CNC(=O)NCC(=O)NNC(=O)c2cc(Cl)ccc2Cl)cc1. The average molecular weight is 409 g/mol. The van der Waals surface area contributed by atoms with Gasteiger partial charge in [0.2, 0.25) is 0 Å². The van der Waals surface area contributed by atoms with Crippen LogP contribution in [0.1, 0.15) is 21.5 Å². The molecule has 0 atom stereocenters. The van der Waals surface area contributed by atoms with Crippen molar-refractivity contribution in [2.24, 2.45) is 0 Å². The van der Waals surface area contributed by atoms with Gasteiger partial charge < -0.3 is 10.6 Å². The molecule has 0 saturated carbocycles. The first-order chi connectivity index (χ1) is 12.8. The zero-order chi connectivity index (χ0) is 19.8. The predicted molar refractivity (Wildman–Crippen MR) is 103 cm³/mol. The molecule has 9 heteroatoms. The van der Waals surface area contributed by atoms with Crippen LogP contribution in [0.25, 0.3) is 0 Å². The first kappa shape index (κ1) is 20.5. The molecule has 0 unspecified atom stereocenters. The molecule has 142 valence electrons. The lowest BCUT2D eigenvalue weighted by Crippen LogP contribution is -2.47. The van der Waals surface area contributed by atoms with Crippen molar-refractivity contribution in [2.45, 2.75) is 13.5 Å². The third kappa shape index (κ3) is 6.80. The minimum absolute atomic E-state index is 0.119. The highest BCUT2D eigenvalue weighted by molar-refractivity contribution is 6.35. The van der Waals surface area contributed by atoms with Crippen LogP contribution >= 0.6 is 23.2 Å². The lowest BCUT2D eigenvalue weighted by atomic mass is 10.1. The van der Waals surface area contributed by atoms with E-state index in [9.17, 15) is 14.4 Å². The summed E-state index contributed by atoms with van der Waals surface area (Å²) in [5.74, 6) is -1.23. The molecule has 0 radical (unpaired) electrons. The van der Waals surface area contributed by atoms with Crippen molar-refractivity contribution in [1.29, 1.82) is 0 Å². The van der Waals surface area contributed by atoms with Crippen LogP contribution in [0.3, 0.4) is 0 Å². The number of hydrogen-bond donors (Lipinski definition) is 4. The van der Waals surface area contributed by atoms with Crippen molar-refractivity contribution >= 4 is 41.0 Å². The van der Waals surface area contributed by atoms with E-state index in [4.69, 9.17) is 23.2 Å². The number of amides is 4. The third-order valence-corrected chi connectivity index (χ3v) is 4.04. The summed E-state index contributed by atoms with van der Waals surface area (Å²) < 4.78 is 0. The quantitative estimate of drug-likeness (QED) is 0.572. The summed E-state index contributed by atoms with van der Waals surface area (Å²) in [5, 5.41) is 5.55. The highest BCUT2D eigenvalue weighted by Crippen LogP contribution is 2.20. The van der Waals surface area contributed by atoms with E-state index >= 15 is 0 Å². The van der Waals surface area contributed by atoms with E-state index in [-0.39, 0.29) is 17.1 Å². The van der Waals surface area contributed by atoms with Gasteiger partial charge in [-0.1, -0.05) is 53.0 Å². The second kappa shape index (κ2) is 9.80.